The van der Waals surface area contributed by atoms with Gasteiger partial charge in [-0.2, -0.15) is 0 Å². The monoisotopic (exact) mass is 377 g/mol. The predicted octanol–water partition coefficient (Wildman–Crippen LogP) is 4.43. The van der Waals surface area contributed by atoms with Crippen molar-refractivity contribution in [1.29, 1.82) is 0 Å². The number of unbranched alkanes of at least 4 members (excludes halogenated alkanes) is 1. The maximum atomic E-state index is 13.1. The first-order valence-corrected chi connectivity index (χ1v) is 9.16. The summed E-state index contributed by atoms with van der Waals surface area (Å²) in [5.41, 5.74) is 1.53. The number of rotatable bonds is 8. The van der Waals surface area contributed by atoms with E-state index in [0.717, 1.165) is 30.6 Å². The zero-order chi connectivity index (χ0) is 19.9. The Balaban J connectivity index is 1.89. The molecule has 27 heavy (non-hydrogen) atoms. The highest BCUT2D eigenvalue weighted by Crippen LogP contribution is 2.16. The summed E-state index contributed by atoms with van der Waals surface area (Å²) in [5, 5.41) is 2.51. The molecule has 0 aliphatic heterocycles. The summed E-state index contributed by atoms with van der Waals surface area (Å²) in [6, 6.07) is 3.61. The zero-order valence-electron chi connectivity index (χ0n) is 16.4. The molecule has 148 valence electrons. The second-order valence-electron chi connectivity index (χ2n) is 7.38. The lowest BCUT2D eigenvalue weighted by molar-refractivity contribution is 0.0531. The number of imidazole rings is 1. The van der Waals surface area contributed by atoms with Gasteiger partial charge in [0.25, 0.3) is 0 Å². The smallest absolute Gasteiger partial charge is 0.407 e. The average Bonchev–Trinajstić information content (AvgIpc) is 3.00. The van der Waals surface area contributed by atoms with E-state index in [2.05, 4.69) is 17.2 Å². The van der Waals surface area contributed by atoms with Gasteiger partial charge in [0.1, 0.15) is 23.6 Å². The molecule has 0 fully saturated rings. The fraction of sp³-hybridized carbons (Fsp3) is 0.500. The number of pyridine rings is 1. The van der Waals surface area contributed by atoms with E-state index in [4.69, 9.17) is 9.47 Å². The van der Waals surface area contributed by atoms with Gasteiger partial charge in [-0.25, -0.2) is 14.2 Å². The van der Waals surface area contributed by atoms with Crippen molar-refractivity contribution >= 4 is 11.7 Å². The molecule has 7 heteroatoms. The zero-order valence-corrected chi connectivity index (χ0v) is 16.4. The van der Waals surface area contributed by atoms with Crippen molar-refractivity contribution in [2.75, 3.05) is 13.2 Å². The van der Waals surface area contributed by atoms with Crippen molar-refractivity contribution < 1.29 is 18.7 Å². The van der Waals surface area contributed by atoms with Crippen LogP contribution >= 0.6 is 0 Å². The van der Waals surface area contributed by atoms with Crippen LogP contribution in [0, 0.1) is 0 Å². The van der Waals surface area contributed by atoms with Crippen LogP contribution in [0.3, 0.4) is 0 Å². The van der Waals surface area contributed by atoms with Crippen LogP contribution in [0.25, 0.3) is 5.65 Å². The fourth-order valence-corrected chi connectivity index (χ4v) is 2.38. The Hall–Kier alpha value is -2.57. The van der Waals surface area contributed by atoms with Gasteiger partial charge in [0, 0.05) is 30.6 Å². The molecule has 1 amide bonds. The molecule has 2 rings (SSSR count). The molecule has 0 atom stereocenters. The number of carbonyl (C=O) groups excluding carboxylic acids is 1. The van der Waals surface area contributed by atoms with E-state index in [1.54, 1.807) is 26.8 Å². The minimum Gasteiger partial charge on any atom is -0.489 e. The number of ether oxygens (including phenoxy) is 2. The van der Waals surface area contributed by atoms with Crippen LogP contribution in [0.15, 0.2) is 36.4 Å². The van der Waals surface area contributed by atoms with E-state index in [9.17, 15) is 9.18 Å². The number of aromatic nitrogens is 2. The quantitative estimate of drug-likeness (QED) is 0.739. The second-order valence-corrected chi connectivity index (χ2v) is 7.38. The molecule has 0 bridgehead atoms. The summed E-state index contributed by atoms with van der Waals surface area (Å²) < 4.78 is 25.8. The van der Waals surface area contributed by atoms with Crippen molar-refractivity contribution in [2.45, 2.75) is 52.6 Å². The maximum absolute atomic E-state index is 13.1. The molecule has 0 aromatic carbocycles. The molecule has 6 nitrogen and oxygen atoms in total. The van der Waals surface area contributed by atoms with Crippen molar-refractivity contribution in [2.24, 2.45) is 0 Å². The van der Waals surface area contributed by atoms with Gasteiger partial charge in [0.15, 0.2) is 0 Å². The van der Waals surface area contributed by atoms with Crippen LogP contribution in [0.4, 0.5) is 9.18 Å². The molecule has 2 aromatic rings. The summed E-state index contributed by atoms with van der Waals surface area (Å²) in [7, 11) is 0. The van der Waals surface area contributed by atoms with Crippen LogP contribution in [-0.2, 0) is 11.2 Å². The van der Waals surface area contributed by atoms with Crippen LogP contribution in [0.5, 0.6) is 5.75 Å². The third-order valence-electron chi connectivity index (χ3n) is 3.71. The van der Waals surface area contributed by atoms with Gasteiger partial charge in [0.2, 0.25) is 0 Å². The second kappa shape index (κ2) is 9.39. The number of aryl methyl sites for hydroxylation is 1. The Bertz CT molecular complexity index is 793. The highest BCUT2D eigenvalue weighted by Gasteiger charge is 2.16. The topological polar surface area (TPSA) is 64.9 Å². The van der Waals surface area contributed by atoms with Gasteiger partial charge in [0.05, 0.1) is 12.0 Å². The molecular weight excluding hydrogens is 349 g/mol. The minimum atomic E-state index is -0.601. The molecule has 0 unspecified atom stereocenters. The fourth-order valence-electron chi connectivity index (χ4n) is 2.38. The SMILES string of the molecule is CCCCc1cn2ccc(OC/C(=C/F)CNC(=O)OC(C)(C)C)cc2n1. The number of carbonyl (C=O) groups is 1. The number of hydrogen-bond acceptors (Lipinski definition) is 4. The summed E-state index contributed by atoms with van der Waals surface area (Å²) in [5.74, 6) is 0.590. The first kappa shape index (κ1) is 20.7. The van der Waals surface area contributed by atoms with Gasteiger partial charge in [-0.3, -0.25) is 0 Å². The summed E-state index contributed by atoms with van der Waals surface area (Å²) in [6.07, 6.45) is 6.88. The first-order valence-electron chi connectivity index (χ1n) is 9.16. The molecule has 2 heterocycles. The molecule has 0 radical (unpaired) electrons. The van der Waals surface area contributed by atoms with Crippen LogP contribution in [0.1, 0.15) is 46.2 Å². The van der Waals surface area contributed by atoms with Gasteiger partial charge in [-0.15, -0.1) is 0 Å². The van der Waals surface area contributed by atoms with E-state index in [-0.39, 0.29) is 13.2 Å². The minimum absolute atomic E-state index is 0.0121. The highest BCUT2D eigenvalue weighted by atomic mass is 19.1. The van der Waals surface area contributed by atoms with Crippen LogP contribution in [-0.4, -0.2) is 34.2 Å². The van der Waals surface area contributed by atoms with E-state index in [0.29, 0.717) is 17.7 Å². The number of amides is 1. The van der Waals surface area contributed by atoms with Gasteiger partial charge in [-0.05, 0) is 39.7 Å². The number of halogens is 1. The molecule has 0 aliphatic rings. The summed E-state index contributed by atoms with van der Waals surface area (Å²) >= 11 is 0. The molecule has 1 N–H and O–H groups in total. The molecule has 0 saturated heterocycles. The summed E-state index contributed by atoms with van der Waals surface area (Å²) in [4.78, 5) is 16.2. The largest absolute Gasteiger partial charge is 0.489 e. The number of nitrogens with one attached hydrogen (secondary N) is 1. The Kier molecular flexibility index (Phi) is 7.21. The van der Waals surface area contributed by atoms with E-state index in [1.165, 1.54) is 0 Å². The lowest BCUT2D eigenvalue weighted by Crippen LogP contribution is -2.34. The number of fused-ring (bicyclic) bond motifs is 1. The lowest BCUT2D eigenvalue weighted by atomic mass is 10.2. The lowest BCUT2D eigenvalue weighted by Gasteiger charge is -2.20. The van der Waals surface area contributed by atoms with E-state index in [1.807, 2.05) is 22.9 Å². The van der Waals surface area contributed by atoms with E-state index < -0.39 is 11.7 Å². The Morgan fingerprint density at radius 3 is 2.85 bits per heavy atom. The van der Waals surface area contributed by atoms with Crippen molar-refractivity contribution in [3.63, 3.8) is 0 Å². The summed E-state index contributed by atoms with van der Waals surface area (Å²) in [6.45, 7) is 7.47. The Morgan fingerprint density at radius 2 is 2.19 bits per heavy atom. The Morgan fingerprint density at radius 1 is 1.41 bits per heavy atom. The Labute approximate surface area is 159 Å². The number of alkyl carbamates (subject to hydrolysis) is 1. The third-order valence-corrected chi connectivity index (χ3v) is 3.71. The van der Waals surface area contributed by atoms with Crippen LogP contribution < -0.4 is 10.1 Å². The van der Waals surface area contributed by atoms with Gasteiger partial charge < -0.3 is 19.2 Å². The number of nitrogens with zero attached hydrogens (tertiary/aromatic N) is 2. The first-order chi connectivity index (χ1) is 12.8. The molecular formula is C20H28FN3O3. The van der Waals surface area contributed by atoms with Crippen molar-refractivity contribution in [1.82, 2.24) is 14.7 Å². The molecule has 0 spiro atoms. The molecule has 2 aromatic heterocycles. The van der Waals surface area contributed by atoms with Crippen molar-refractivity contribution in [3.05, 3.63) is 42.1 Å². The third kappa shape index (κ3) is 6.92. The highest BCUT2D eigenvalue weighted by molar-refractivity contribution is 5.68. The standard InChI is InChI=1S/C20H28FN3O3/c1-5-6-7-16-13-24-9-8-17(10-18(24)23-16)26-14-15(11-21)12-22-19(25)27-20(2,3)4/h8-11,13H,5-7,12,14H2,1-4H3,(H,22,25)/b15-11+. The average molecular weight is 377 g/mol. The molecule has 0 aliphatic carbocycles. The number of hydrogen-bond donors (Lipinski definition) is 1. The molecule has 0 saturated carbocycles. The normalized spacial score (nSPS) is 12.3. The van der Waals surface area contributed by atoms with Gasteiger partial charge in [-0.1, -0.05) is 13.3 Å². The van der Waals surface area contributed by atoms with Crippen molar-refractivity contribution in [3.8, 4) is 5.75 Å². The van der Waals surface area contributed by atoms with Gasteiger partial charge >= 0.3 is 6.09 Å². The van der Waals surface area contributed by atoms with E-state index >= 15 is 0 Å². The predicted molar refractivity (Wildman–Crippen MR) is 103 cm³/mol. The maximum Gasteiger partial charge on any atom is 0.407 e. The van der Waals surface area contributed by atoms with Crippen LogP contribution in [0.2, 0.25) is 0 Å².